The first kappa shape index (κ1) is 20.8. The Morgan fingerprint density at radius 2 is 1.54 bits per heavy atom. The molecule has 0 spiro atoms. The summed E-state index contributed by atoms with van der Waals surface area (Å²) in [5.74, 6) is -1.16. The van der Waals surface area contributed by atoms with Crippen LogP contribution in [0.1, 0.15) is 41.5 Å². The number of hydrogen-bond donors (Lipinski definition) is 1. The normalized spacial score (nSPS) is 11.2. The van der Waals surface area contributed by atoms with Crippen molar-refractivity contribution in [2.45, 2.75) is 26.9 Å². The summed E-state index contributed by atoms with van der Waals surface area (Å²) in [6, 6.07) is 12.9. The molecule has 2 aromatic carbocycles. The smallest absolute Gasteiger partial charge is 0.344 e. The molecule has 0 bridgehead atoms. The number of rotatable bonds is 8. The van der Waals surface area contributed by atoms with Crippen LogP contribution >= 0.6 is 0 Å². The molecular weight excluding hydrogens is 362 g/mol. The van der Waals surface area contributed by atoms with Crippen LogP contribution < -0.4 is 10.1 Å². The van der Waals surface area contributed by atoms with Crippen molar-refractivity contribution >= 4 is 29.1 Å². The number of Topliss-reactive ketones (excluding diaryl/α,β-unsaturated/α-hetero) is 2. The van der Waals surface area contributed by atoms with Crippen molar-refractivity contribution in [2.24, 2.45) is 0 Å². The highest BCUT2D eigenvalue weighted by atomic mass is 16.6. The lowest BCUT2D eigenvalue weighted by Gasteiger charge is -2.14. The number of esters is 1. The van der Waals surface area contributed by atoms with Gasteiger partial charge in [0.2, 0.25) is 0 Å². The number of carbonyl (C=O) groups is 4. The Labute approximate surface area is 162 Å². The zero-order valence-corrected chi connectivity index (χ0v) is 15.9. The van der Waals surface area contributed by atoms with E-state index in [4.69, 9.17) is 9.47 Å². The number of ketones is 2. The Morgan fingerprint density at radius 3 is 2.18 bits per heavy atom. The van der Waals surface area contributed by atoms with E-state index < -0.39 is 24.6 Å². The zero-order valence-electron chi connectivity index (χ0n) is 15.9. The van der Waals surface area contributed by atoms with Crippen LogP contribution in [0, 0.1) is 0 Å². The molecule has 0 aliphatic heterocycles. The van der Waals surface area contributed by atoms with E-state index in [9.17, 15) is 19.2 Å². The second-order valence-electron chi connectivity index (χ2n) is 6.13. The number of benzene rings is 2. The Balaban J connectivity index is 1.87. The average molecular weight is 383 g/mol. The highest BCUT2D eigenvalue weighted by Crippen LogP contribution is 2.14. The van der Waals surface area contributed by atoms with Gasteiger partial charge in [0.25, 0.3) is 5.91 Å². The number of ether oxygens (including phenoxy) is 2. The lowest BCUT2D eigenvalue weighted by Crippen LogP contribution is -2.31. The molecule has 1 amide bonds. The molecule has 0 aliphatic rings. The van der Waals surface area contributed by atoms with E-state index in [2.05, 4.69) is 5.32 Å². The van der Waals surface area contributed by atoms with Crippen molar-refractivity contribution < 1.29 is 28.7 Å². The number of nitrogens with one attached hydrogen (secondary N) is 1. The predicted molar refractivity (Wildman–Crippen MR) is 103 cm³/mol. The Bertz CT molecular complexity index is 905. The number of anilines is 1. The number of hydrogen-bond acceptors (Lipinski definition) is 6. The second-order valence-corrected chi connectivity index (χ2v) is 6.13. The maximum absolute atomic E-state index is 12.2. The highest BCUT2D eigenvalue weighted by molar-refractivity contribution is 5.98. The fourth-order valence-corrected chi connectivity index (χ4v) is 2.29. The third-order valence-electron chi connectivity index (χ3n) is 3.81. The van der Waals surface area contributed by atoms with Crippen molar-refractivity contribution in [3.8, 4) is 5.75 Å². The standard InChI is InChI=1S/C21H21NO6/c1-13(23)16-6-4-8-18(10-16)22-21(26)15(3)28-20(25)12-27-19-9-5-7-17(11-19)14(2)24/h4-11,15H,12H2,1-3H3,(H,22,26)/t15-/m0/s1. The van der Waals surface area contributed by atoms with Gasteiger partial charge in [-0.15, -0.1) is 0 Å². The van der Waals surface area contributed by atoms with E-state index >= 15 is 0 Å². The lowest BCUT2D eigenvalue weighted by molar-refractivity contribution is -0.155. The first-order valence-electron chi connectivity index (χ1n) is 8.61. The van der Waals surface area contributed by atoms with Gasteiger partial charge in [0.1, 0.15) is 5.75 Å². The second kappa shape index (κ2) is 9.45. The molecule has 7 heteroatoms. The number of amides is 1. The summed E-state index contributed by atoms with van der Waals surface area (Å²) in [6.07, 6.45) is -1.05. The molecule has 2 aromatic rings. The Morgan fingerprint density at radius 1 is 0.929 bits per heavy atom. The molecule has 0 radical (unpaired) electrons. The molecule has 7 nitrogen and oxygen atoms in total. The summed E-state index contributed by atoms with van der Waals surface area (Å²) < 4.78 is 10.4. The maximum atomic E-state index is 12.2. The van der Waals surface area contributed by atoms with E-state index in [0.29, 0.717) is 22.6 Å². The SMILES string of the molecule is CC(=O)c1cccc(NC(=O)[C@H](C)OC(=O)COc2cccc(C(C)=O)c2)c1. The minimum atomic E-state index is -1.05. The summed E-state index contributed by atoms with van der Waals surface area (Å²) in [4.78, 5) is 46.8. The van der Waals surface area contributed by atoms with Crippen molar-refractivity contribution in [1.82, 2.24) is 0 Å². The topological polar surface area (TPSA) is 98.8 Å². The molecule has 28 heavy (non-hydrogen) atoms. The van der Waals surface area contributed by atoms with Crippen LogP contribution in [-0.2, 0) is 14.3 Å². The molecule has 0 aromatic heterocycles. The van der Waals surface area contributed by atoms with E-state index in [1.165, 1.54) is 26.8 Å². The predicted octanol–water partition coefficient (Wildman–Crippen LogP) is 3.04. The van der Waals surface area contributed by atoms with Gasteiger partial charge in [-0.3, -0.25) is 14.4 Å². The molecule has 1 N–H and O–H groups in total. The first-order chi connectivity index (χ1) is 13.3. The van der Waals surface area contributed by atoms with E-state index in [-0.39, 0.29) is 11.6 Å². The molecule has 2 rings (SSSR count). The van der Waals surface area contributed by atoms with Gasteiger partial charge in [0.15, 0.2) is 24.3 Å². The third-order valence-corrected chi connectivity index (χ3v) is 3.81. The fourth-order valence-electron chi connectivity index (χ4n) is 2.29. The molecule has 0 aliphatic carbocycles. The number of carbonyl (C=O) groups excluding carboxylic acids is 4. The van der Waals surface area contributed by atoms with Crippen molar-refractivity contribution in [2.75, 3.05) is 11.9 Å². The monoisotopic (exact) mass is 383 g/mol. The van der Waals surface area contributed by atoms with Crippen LogP contribution in [0.25, 0.3) is 0 Å². The molecule has 146 valence electrons. The molecule has 0 saturated carbocycles. The molecule has 0 saturated heterocycles. The molecule has 1 atom stereocenters. The lowest BCUT2D eigenvalue weighted by atomic mass is 10.1. The van der Waals surface area contributed by atoms with Gasteiger partial charge in [-0.1, -0.05) is 24.3 Å². The van der Waals surface area contributed by atoms with Gasteiger partial charge in [-0.25, -0.2) is 4.79 Å². The summed E-state index contributed by atoms with van der Waals surface area (Å²) in [7, 11) is 0. The minimum Gasteiger partial charge on any atom is -0.482 e. The van der Waals surface area contributed by atoms with Crippen LogP contribution in [0.15, 0.2) is 48.5 Å². The Kier molecular flexibility index (Phi) is 7.03. The van der Waals surface area contributed by atoms with E-state index in [1.54, 1.807) is 42.5 Å². The van der Waals surface area contributed by atoms with Gasteiger partial charge < -0.3 is 14.8 Å². The van der Waals surface area contributed by atoms with E-state index in [0.717, 1.165) is 0 Å². The van der Waals surface area contributed by atoms with Gasteiger partial charge in [-0.2, -0.15) is 0 Å². The molecular formula is C21H21NO6. The maximum Gasteiger partial charge on any atom is 0.344 e. The van der Waals surface area contributed by atoms with Crippen molar-refractivity contribution in [3.63, 3.8) is 0 Å². The van der Waals surface area contributed by atoms with Gasteiger partial charge in [-0.05, 0) is 45.0 Å². The summed E-state index contributed by atoms with van der Waals surface area (Å²) >= 11 is 0. The fraction of sp³-hybridized carbons (Fsp3) is 0.238. The van der Waals surface area contributed by atoms with Crippen molar-refractivity contribution in [3.05, 3.63) is 59.7 Å². The van der Waals surface area contributed by atoms with Crippen LogP contribution in [-0.4, -0.2) is 36.2 Å². The zero-order chi connectivity index (χ0) is 20.7. The first-order valence-corrected chi connectivity index (χ1v) is 8.61. The van der Waals surface area contributed by atoms with Crippen LogP contribution in [0.4, 0.5) is 5.69 Å². The van der Waals surface area contributed by atoms with Crippen LogP contribution in [0.2, 0.25) is 0 Å². The van der Waals surface area contributed by atoms with E-state index in [1.807, 2.05) is 0 Å². The molecule has 0 heterocycles. The average Bonchev–Trinajstić information content (AvgIpc) is 2.66. The quantitative estimate of drug-likeness (QED) is 0.556. The Hall–Kier alpha value is -3.48. The van der Waals surface area contributed by atoms with Gasteiger partial charge >= 0.3 is 5.97 Å². The third kappa shape index (κ3) is 6.05. The summed E-state index contributed by atoms with van der Waals surface area (Å²) in [5.41, 5.74) is 1.35. The minimum absolute atomic E-state index is 0.118. The molecule has 0 unspecified atom stereocenters. The van der Waals surface area contributed by atoms with Crippen molar-refractivity contribution in [1.29, 1.82) is 0 Å². The van der Waals surface area contributed by atoms with Crippen LogP contribution in [0.3, 0.4) is 0 Å². The largest absolute Gasteiger partial charge is 0.482 e. The van der Waals surface area contributed by atoms with Gasteiger partial charge in [0.05, 0.1) is 0 Å². The van der Waals surface area contributed by atoms with Crippen LogP contribution in [0.5, 0.6) is 5.75 Å². The highest BCUT2D eigenvalue weighted by Gasteiger charge is 2.18. The molecule has 0 fully saturated rings. The summed E-state index contributed by atoms with van der Waals surface area (Å²) in [6.45, 7) is 3.88. The van der Waals surface area contributed by atoms with Gasteiger partial charge in [0, 0.05) is 16.8 Å². The summed E-state index contributed by atoms with van der Waals surface area (Å²) in [5, 5.41) is 2.59.